The molecule has 0 amide bonds. The van der Waals surface area contributed by atoms with Gasteiger partial charge in [-0.3, -0.25) is 9.78 Å². The highest BCUT2D eigenvalue weighted by molar-refractivity contribution is 5.71. The Hall–Kier alpha value is -1.38. The maximum atomic E-state index is 11.1. The fourth-order valence-corrected chi connectivity index (χ4v) is 0.969. The van der Waals surface area contributed by atoms with Crippen molar-refractivity contribution in [2.75, 3.05) is 6.61 Å². The summed E-state index contributed by atoms with van der Waals surface area (Å²) >= 11 is 0. The minimum atomic E-state index is -0.152. The maximum absolute atomic E-state index is 11.1. The molecule has 0 aliphatic carbocycles. The molecule has 0 N–H and O–H groups in total. The molecular weight excluding hydrogens is 178 g/mol. The number of hydrogen-bond donors (Lipinski definition) is 0. The van der Waals surface area contributed by atoms with Crippen molar-refractivity contribution >= 4 is 5.97 Å². The molecule has 0 spiro atoms. The van der Waals surface area contributed by atoms with Gasteiger partial charge in [0.05, 0.1) is 12.5 Å². The molecule has 0 saturated heterocycles. The molecule has 76 valence electrons. The molecule has 3 nitrogen and oxygen atoms in total. The first-order valence-corrected chi connectivity index (χ1v) is 4.76. The lowest BCUT2D eigenvalue weighted by Crippen LogP contribution is -2.13. The predicted octanol–water partition coefficient (Wildman–Crippen LogP) is 1.82. The molecule has 14 heavy (non-hydrogen) atoms. The van der Waals surface area contributed by atoms with Gasteiger partial charge in [0, 0.05) is 18.3 Å². The molecule has 0 fully saturated rings. The third kappa shape index (κ3) is 3.56. The number of pyridine rings is 1. The number of esters is 1. The van der Waals surface area contributed by atoms with Crippen molar-refractivity contribution in [3.8, 4) is 0 Å². The van der Waals surface area contributed by atoms with Gasteiger partial charge < -0.3 is 4.74 Å². The Morgan fingerprint density at radius 2 is 2.29 bits per heavy atom. The summed E-state index contributed by atoms with van der Waals surface area (Å²) in [6.45, 7) is 4.06. The Morgan fingerprint density at radius 1 is 1.50 bits per heavy atom. The molecular formula is C11H15NO2. The van der Waals surface area contributed by atoms with Crippen molar-refractivity contribution < 1.29 is 9.53 Å². The molecule has 1 aromatic heterocycles. The average Bonchev–Trinajstić information content (AvgIpc) is 2.19. The Morgan fingerprint density at radius 3 is 2.86 bits per heavy atom. The molecule has 3 heteroatoms. The highest BCUT2D eigenvalue weighted by Gasteiger charge is 2.07. The van der Waals surface area contributed by atoms with Gasteiger partial charge in [-0.25, -0.2) is 0 Å². The lowest BCUT2D eigenvalue weighted by Gasteiger charge is -2.06. The fraction of sp³-hybridized carbons (Fsp3) is 0.455. The van der Waals surface area contributed by atoms with Crippen molar-refractivity contribution in [2.24, 2.45) is 5.92 Å². The van der Waals surface area contributed by atoms with Crippen LogP contribution in [-0.2, 0) is 16.0 Å². The number of ether oxygens (including phenoxy) is 1. The Labute approximate surface area is 84.1 Å². The third-order valence-corrected chi connectivity index (χ3v) is 1.80. The van der Waals surface area contributed by atoms with Crippen LogP contribution in [0.15, 0.2) is 24.4 Å². The van der Waals surface area contributed by atoms with Gasteiger partial charge in [-0.05, 0) is 12.1 Å². The van der Waals surface area contributed by atoms with Crippen molar-refractivity contribution in [3.05, 3.63) is 30.1 Å². The van der Waals surface area contributed by atoms with E-state index in [1.54, 1.807) is 6.20 Å². The molecule has 0 unspecified atom stereocenters. The Bertz CT molecular complexity index is 283. The molecule has 0 aliphatic rings. The summed E-state index contributed by atoms with van der Waals surface area (Å²) < 4.78 is 5.03. The van der Waals surface area contributed by atoms with Crippen LogP contribution in [0.5, 0.6) is 0 Å². The highest BCUT2D eigenvalue weighted by Crippen LogP contribution is 1.99. The quantitative estimate of drug-likeness (QED) is 0.685. The van der Waals surface area contributed by atoms with E-state index in [-0.39, 0.29) is 11.9 Å². The molecule has 0 radical (unpaired) electrons. The zero-order chi connectivity index (χ0) is 10.4. The summed E-state index contributed by atoms with van der Waals surface area (Å²) in [5.41, 5.74) is 0.948. The smallest absolute Gasteiger partial charge is 0.308 e. The van der Waals surface area contributed by atoms with Gasteiger partial charge in [0.15, 0.2) is 0 Å². The van der Waals surface area contributed by atoms with E-state index in [0.29, 0.717) is 13.0 Å². The van der Waals surface area contributed by atoms with Crippen molar-refractivity contribution in [1.29, 1.82) is 0 Å². The zero-order valence-electron chi connectivity index (χ0n) is 8.56. The normalized spacial score (nSPS) is 10.2. The average molecular weight is 193 g/mol. The molecule has 0 bridgehead atoms. The number of aromatic nitrogens is 1. The van der Waals surface area contributed by atoms with Gasteiger partial charge in [0.1, 0.15) is 0 Å². The van der Waals surface area contributed by atoms with E-state index in [4.69, 9.17) is 4.74 Å². The summed E-state index contributed by atoms with van der Waals surface area (Å²) in [5.74, 6) is -0.209. The molecule has 0 atom stereocenters. The molecule has 0 aliphatic heterocycles. The summed E-state index contributed by atoms with van der Waals surface area (Å²) in [6.07, 6.45) is 2.42. The second-order valence-electron chi connectivity index (χ2n) is 3.39. The highest BCUT2D eigenvalue weighted by atomic mass is 16.5. The van der Waals surface area contributed by atoms with Crippen molar-refractivity contribution in [3.63, 3.8) is 0 Å². The lowest BCUT2D eigenvalue weighted by molar-refractivity contribution is -0.147. The van der Waals surface area contributed by atoms with E-state index in [1.165, 1.54) is 0 Å². The number of nitrogens with zero attached hydrogens (tertiary/aromatic N) is 1. The zero-order valence-corrected chi connectivity index (χ0v) is 8.56. The van der Waals surface area contributed by atoms with Crippen LogP contribution < -0.4 is 0 Å². The van der Waals surface area contributed by atoms with Gasteiger partial charge in [-0.15, -0.1) is 0 Å². The largest absolute Gasteiger partial charge is 0.465 e. The first kappa shape index (κ1) is 10.7. The van der Waals surface area contributed by atoms with Crippen LogP contribution in [0.2, 0.25) is 0 Å². The van der Waals surface area contributed by atoms with Crippen molar-refractivity contribution in [1.82, 2.24) is 4.98 Å². The monoisotopic (exact) mass is 193 g/mol. The summed E-state index contributed by atoms with van der Waals surface area (Å²) in [7, 11) is 0. The van der Waals surface area contributed by atoms with Crippen LogP contribution >= 0.6 is 0 Å². The number of carbonyl (C=O) groups is 1. The van der Waals surface area contributed by atoms with Crippen LogP contribution in [0.4, 0.5) is 0 Å². The van der Waals surface area contributed by atoms with E-state index in [2.05, 4.69) is 4.98 Å². The van der Waals surface area contributed by atoms with Crippen LogP contribution in [0.25, 0.3) is 0 Å². The van der Waals surface area contributed by atoms with Crippen LogP contribution in [0.3, 0.4) is 0 Å². The van der Waals surface area contributed by atoms with Gasteiger partial charge >= 0.3 is 5.97 Å². The Kier molecular flexibility index (Phi) is 4.11. The lowest BCUT2D eigenvalue weighted by atomic mass is 10.2. The predicted molar refractivity (Wildman–Crippen MR) is 53.7 cm³/mol. The van der Waals surface area contributed by atoms with E-state index in [9.17, 15) is 4.79 Å². The summed E-state index contributed by atoms with van der Waals surface area (Å²) in [4.78, 5) is 15.2. The second kappa shape index (κ2) is 5.37. The second-order valence-corrected chi connectivity index (χ2v) is 3.39. The van der Waals surface area contributed by atoms with Crippen LogP contribution in [0.1, 0.15) is 19.5 Å². The molecule has 1 rings (SSSR count). The first-order chi connectivity index (χ1) is 6.70. The molecule has 0 saturated carbocycles. The molecule has 1 aromatic rings. The number of carbonyl (C=O) groups excluding carboxylic acids is 1. The number of rotatable bonds is 4. The maximum Gasteiger partial charge on any atom is 0.308 e. The van der Waals surface area contributed by atoms with Gasteiger partial charge in [0.2, 0.25) is 0 Å². The third-order valence-electron chi connectivity index (χ3n) is 1.80. The molecule has 1 heterocycles. The van der Waals surface area contributed by atoms with E-state index >= 15 is 0 Å². The summed E-state index contributed by atoms with van der Waals surface area (Å²) in [5, 5.41) is 0. The topological polar surface area (TPSA) is 39.2 Å². The minimum absolute atomic E-state index is 0.0567. The summed E-state index contributed by atoms with van der Waals surface area (Å²) in [6, 6.07) is 5.71. The standard InChI is InChI=1S/C11H15NO2/c1-9(2)11(13)14-8-6-10-5-3-4-7-12-10/h3-5,7,9H,6,8H2,1-2H3. The number of hydrogen-bond acceptors (Lipinski definition) is 3. The van der Waals surface area contributed by atoms with Gasteiger partial charge in [-0.1, -0.05) is 19.9 Å². The van der Waals surface area contributed by atoms with E-state index in [0.717, 1.165) is 5.69 Å². The van der Waals surface area contributed by atoms with Crippen LogP contribution in [0, 0.1) is 5.92 Å². The van der Waals surface area contributed by atoms with Crippen LogP contribution in [-0.4, -0.2) is 17.6 Å². The van der Waals surface area contributed by atoms with E-state index in [1.807, 2.05) is 32.0 Å². The first-order valence-electron chi connectivity index (χ1n) is 4.76. The van der Waals surface area contributed by atoms with Crippen molar-refractivity contribution in [2.45, 2.75) is 20.3 Å². The van der Waals surface area contributed by atoms with E-state index < -0.39 is 0 Å². The SMILES string of the molecule is CC(C)C(=O)OCCc1ccccn1. The Balaban J connectivity index is 2.26. The van der Waals surface area contributed by atoms with Gasteiger partial charge in [0.25, 0.3) is 0 Å². The fourth-order valence-electron chi connectivity index (χ4n) is 0.969. The molecule has 0 aromatic carbocycles. The van der Waals surface area contributed by atoms with Gasteiger partial charge in [-0.2, -0.15) is 0 Å². The minimum Gasteiger partial charge on any atom is -0.465 e.